The largest absolute Gasteiger partial charge is 0.344 e. The van der Waals surface area contributed by atoms with Gasteiger partial charge in [0.1, 0.15) is 6.04 Å². The van der Waals surface area contributed by atoms with Crippen molar-refractivity contribution in [3.63, 3.8) is 0 Å². The molecule has 1 N–H and O–H groups in total. The molecule has 2 rings (SSSR count). The van der Waals surface area contributed by atoms with Crippen LogP contribution in [0.3, 0.4) is 0 Å². The molecule has 1 atom stereocenters. The molecule has 1 saturated heterocycles. The van der Waals surface area contributed by atoms with E-state index in [1.165, 1.54) is 4.90 Å². The number of amides is 3. The number of carbonyl (C=O) groups is 3. The number of nitrogens with one attached hydrogen (secondary N) is 1. The molecular weight excluding hydrogens is 292 g/mol. The Labute approximate surface area is 137 Å². The van der Waals surface area contributed by atoms with Gasteiger partial charge in [-0.15, -0.1) is 0 Å². The highest BCUT2D eigenvalue weighted by Crippen LogP contribution is 2.15. The van der Waals surface area contributed by atoms with Gasteiger partial charge in [-0.1, -0.05) is 44.2 Å². The van der Waals surface area contributed by atoms with Crippen LogP contribution < -0.4 is 5.32 Å². The molecule has 1 aliphatic heterocycles. The van der Waals surface area contributed by atoms with Crippen LogP contribution in [-0.4, -0.2) is 35.2 Å². The quantitative estimate of drug-likeness (QED) is 0.872. The molecule has 0 unspecified atom stereocenters. The molecule has 5 heteroatoms. The van der Waals surface area contributed by atoms with E-state index in [9.17, 15) is 14.4 Å². The average molecular weight is 316 g/mol. The third-order valence-corrected chi connectivity index (χ3v) is 4.07. The van der Waals surface area contributed by atoms with Crippen LogP contribution in [0.2, 0.25) is 0 Å². The Bertz CT molecular complexity index is 569. The molecule has 0 saturated carbocycles. The van der Waals surface area contributed by atoms with Crippen molar-refractivity contribution in [3.05, 3.63) is 35.9 Å². The van der Waals surface area contributed by atoms with Gasteiger partial charge in [0.15, 0.2) is 0 Å². The molecule has 124 valence electrons. The van der Waals surface area contributed by atoms with Crippen LogP contribution in [0.1, 0.15) is 38.7 Å². The van der Waals surface area contributed by atoms with Crippen molar-refractivity contribution >= 4 is 17.7 Å². The van der Waals surface area contributed by atoms with E-state index in [-0.39, 0.29) is 23.6 Å². The first kappa shape index (κ1) is 17.2. The molecule has 5 nitrogen and oxygen atoms in total. The number of imide groups is 1. The van der Waals surface area contributed by atoms with Gasteiger partial charge in [-0.05, 0) is 24.3 Å². The van der Waals surface area contributed by atoms with Crippen molar-refractivity contribution in [1.82, 2.24) is 10.2 Å². The average Bonchev–Trinajstić information content (AvgIpc) is 2.97. The Hall–Kier alpha value is -2.17. The number of nitrogens with zero attached hydrogens (tertiary/aromatic N) is 1. The molecule has 1 aromatic carbocycles. The van der Waals surface area contributed by atoms with Gasteiger partial charge in [-0.2, -0.15) is 0 Å². The van der Waals surface area contributed by atoms with Crippen LogP contribution in [0.5, 0.6) is 0 Å². The number of hydrogen-bond donors (Lipinski definition) is 1. The van der Waals surface area contributed by atoms with Gasteiger partial charge in [0.25, 0.3) is 5.91 Å². The number of carbonyl (C=O) groups excluding carboxylic acids is 3. The summed E-state index contributed by atoms with van der Waals surface area (Å²) in [6.45, 7) is 4.21. The minimum Gasteiger partial charge on any atom is -0.344 e. The van der Waals surface area contributed by atoms with Gasteiger partial charge in [-0.25, -0.2) is 0 Å². The van der Waals surface area contributed by atoms with E-state index in [0.717, 1.165) is 5.56 Å². The zero-order valence-corrected chi connectivity index (χ0v) is 13.7. The minimum atomic E-state index is -0.639. The van der Waals surface area contributed by atoms with Gasteiger partial charge >= 0.3 is 0 Å². The lowest BCUT2D eigenvalue weighted by Crippen LogP contribution is -2.51. The normalized spacial score (nSPS) is 15.8. The number of benzene rings is 1. The summed E-state index contributed by atoms with van der Waals surface area (Å²) in [5, 5.41) is 2.80. The number of aryl methyl sites for hydroxylation is 1. The summed E-state index contributed by atoms with van der Waals surface area (Å²) >= 11 is 0. The summed E-state index contributed by atoms with van der Waals surface area (Å²) in [6.07, 6.45) is 2.08. The Kier molecular flexibility index (Phi) is 5.90. The van der Waals surface area contributed by atoms with E-state index in [4.69, 9.17) is 0 Å². The number of likely N-dealkylation sites (tertiary alicyclic amines) is 1. The topological polar surface area (TPSA) is 66.5 Å². The standard InChI is InChI=1S/C18H24N2O3/c1-13(2)17(18(23)20-12-6-9-16(20)22)19-15(21)11-10-14-7-4-3-5-8-14/h3-5,7-8,13,17H,6,9-12H2,1-2H3,(H,19,21)/t17-/m0/s1. The van der Waals surface area contributed by atoms with Gasteiger partial charge in [0, 0.05) is 19.4 Å². The zero-order chi connectivity index (χ0) is 16.8. The maximum absolute atomic E-state index is 12.5. The second-order valence-corrected chi connectivity index (χ2v) is 6.26. The molecular formula is C18H24N2O3. The van der Waals surface area contributed by atoms with Crippen molar-refractivity contribution in [1.29, 1.82) is 0 Å². The smallest absolute Gasteiger partial charge is 0.251 e. The van der Waals surface area contributed by atoms with Gasteiger partial charge < -0.3 is 5.32 Å². The van der Waals surface area contributed by atoms with E-state index in [2.05, 4.69) is 5.32 Å². The molecule has 3 amide bonds. The molecule has 0 radical (unpaired) electrons. The predicted molar refractivity (Wildman–Crippen MR) is 87.5 cm³/mol. The van der Waals surface area contributed by atoms with Crippen molar-refractivity contribution in [2.75, 3.05) is 6.54 Å². The van der Waals surface area contributed by atoms with Crippen LogP contribution in [0.15, 0.2) is 30.3 Å². The Morgan fingerprint density at radius 2 is 1.91 bits per heavy atom. The summed E-state index contributed by atoms with van der Waals surface area (Å²) in [5.74, 6) is -0.640. The van der Waals surface area contributed by atoms with Gasteiger partial charge in [0.05, 0.1) is 0 Å². The van der Waals surface area contributed by atoms with Crippen molar-refractivity contribution < 1.29 is 14.4 Å². The first-order chi connectivity index (χ1) is 11.0. The second-order valence-electron chi connectivity index (χ2n) is 6.26. The third-order valence-electron chi connectivity index (χ3n) is 4.07. The fraction of sp³-hybridized carbons (Fsp3) is 0.500. The summed E-state index contributed by atoms with van der Waals surface area (Å²) in [7, 11) is 0. The highest BCUT2D eigenvalue weighted by molar-refractivity contribution is 6.00. The van der Waals surface area contributed by atoms with Gasteiger partial charge in [0.2, 0.25) is 11.8 Å². The monoisotopic (exact) mass is 316 g/mol. The molecule has 1 aromatic rings. The van der Waals surface area contributed by atoms with Gasteiger partial charge in [-0.3, -0.25) is 19.3 Å². The predicted octanol–water partition coefficient (Wildman–Crippen LogP) is 1.91. The van der Waals surface area contributed by atoms with Crippen LogP contribution in [0.4, 0.5) is 0 Å². The lowest BCUT2D eigenvalue weighted by molar-refractivity contribution is -0.145. The molecule has 0 spiro atoms. The molecule has 0 aromatic heterocycles. The molecule has 1 fully saturated rings. The van der Waals surface area contributed by atoms with Crippen LogP contribution in [0.25, 0.3) is 0 Å². The number of rotatable bonds is 6. The first-order valence-electron chi connectivity index (χ1n) is 8.16. The highest BCUT2D eigenvalue weighted by atomic mass is 16.2. The minimum absolute atomic E-state index is 0.0587. The van der Waals surface area contributed by atoms with Crippen LogP contribution >= 0.6 is 0 Å². The maximum Gasteiger partial charge on any atom is 0.251 e. The molecule has 1 aliphatic rings. The summed E-state index contributed by atoms with van der Waals surface area (Å²) in [4.78, 5) is 37.7. The van der Waals surface area contributed by atoms with E-state index in [1.54, 1.807) is 0 Å². The molecule has 23 heavy (non-hydrogen) atoms. The van der Waals surface area contributed by atoms with E-state index < -0.39 is 6.04 Å². The van der Waals surface area contributed by atoms with Crippen molar-refractivity contribution in [2.45, 2.75) is 45.6 Å². The molecule has 0 bridgehead atoms. The fourth-order valence-electron chi connectivity index (χ4n) is 2.71. The summed E-state index contributed by atoms with van der Waals surface area (Å²) in [6, 6.07) is 9.12. The summed E-state index contributed by atoms with van der Waals surface area (Å²) in [5.41, 5.74) is 1.09. The highest BCUT2D eigenvalue weighted by Gasteiger charge is 2.34. The molecule has 0 aliphatic carbocycles. The Morgan fingerprint density at radius 3 is 2.48 bits per heavy atom. The SMILES string of the molecule is CC(C)[C@H](NC(=O)CCc1ccccc1)C(=O)N1CCCC1=O. The van der Waals surface area contributed by atoms with E-state index in [1.807, 2.05) is 44.2 Å². The maximum atomic E-state index is 12.5. The Morgan fingerprint density at radius 1 is 1.22 bits per heavy atom. The van der Waals surface area contributed by atoms with E-state index in [0.29, 0.717) is 32.2 Å². The summed E-state index contributed by atoms with van der Waals surface area (Å²) < 4.78 is 0. The van der Waals surface area contributed by atoms with Crippen molar-refractivity contribution in [3.8, 4) is 0 Å². The lowest BCUT2D eigenvalue weighted by atomic mass is 10.0. The lowest BCUT2D eigenvalue weighted by Gasteiger charge is -2.25. The zero-order valence-electron chi connectivity index (χ0n) is 13.7. The third kappa shape index (κ3) is 4.65. The second kappa shape index (κ2) is 7.90. The Balaban J connectivity index is 1.92. The van der Waals surface area contributed by atoms with Crippen molar-refractivity contribution in [2.24, 2.45) is 5.92 Å². The van der Waals surface area contributed by atoms with E-state index >= 15 is 0 Å². The molecule has 1 heterocycles. The fourth-order valence-corrected chi connectivity index (χ4v) is 2.71. The number of hydrogen-bond acceptors (Lipinski definition) is 3. The van der Waals surface area contributed by atoms with Crippen LogP contribution in [-0.2, 0) is 20.8 Å². The van der Waals surface area contributed by atoms with Crippen LogP contribution in [0, 0.1) is 5.92 Å². The first-order valence-corrected chi connectivity index (χ1v) is 8.16.